The van der Waals surface area contributed by atoms with E-state index in [0.29, 0.717) is 0 Å². The largest absolute Gasteiger partial charge is 0.358 e. The van der Waals surface area contributed by atoms with Crippen LogP contribution in [0.1, 0.15) is 52.7 Å². The van der Waals surface area contributed by atoms with Gasteiger partial charge in [-0.2, -0.15) is 72.8 Å². The minimum Gasteiger partial charge on any atom is -0.358 e. The van der Waals surface area contributed by atoms with E-state index in [-0.39, 0.29) is 80.3 Å². The number of hydrogen-bond donors (Lipinski definition) is 0. The quantitative estimate of drug-likeness (QED) is 0.169. The Morgan fingerprint density at radius 3 is 0.639 bits per heavy atom. The van der Waals surface area contributed by atoms with Gasteiger partial charge in [0.1, 0.15) is 0 Å². The van der Waals surface area contributed by atoms with E-state index >= 15 is 0 Å². The third-order valence-corrected chi connectivity index (χ3v) is 3.10. The molecule has 0 aliphatic heterocycles. The van der Waals surface area contributed by atoms with Crippen LogP contribution in [0, 0.1) is 40.8 Å². The molecule has 4 aromatic carbocycles. The second-order valence-corrected chi connectivity index (χ2v) is 5.46. The molecule has 0 aliphatic carbocycles. The van der Waals surface area contributed by atoms with Crippen LogP contribution in [-0.2, 0) is 65.4 Å². The van der Waals surface area contributed by atoms with Crippen molar-refractivity contribution >= 4 is 0 Å². The maximum atomic E-state index is 2.89. The molecule has 0 fully saturated rings. The second-order valence-electron chi connectivity index (χ2n) is 5.46. The Kier molecular flexibility index (Phi) is 73.0. The molecule has 4 rings (SSSR count). The fourth-order valence-corrected chi connectivity index (χ4v) is 1.75. The Bertz CT molecular complexity index is 621. The zero-order valence-electron chi connectivity index (χ0n) is 24.7. The molecule has 0 saturated carbocycles. The second kappa shape index (κ2) is 50.9. The van der Waals surface area contributed by atoms with E-state index in [9.17, 15) is 0 Å². The SMILES string of the molecule is CC.CC.CC.Cc1ccccc1.Cc1ccccc1.[CH3-].[CH3-].[Y].[Y].[c-]1ccccc1.[c-]1ccccc1. The van der Waals surface area contributed by atoms with Crippen LogP contribution < -0.4 is 0 Å². The van der Waals surface area contributed by atoms with Crippen molar-refractivity contribution in [2.45, 2.75) is 55.4 Å². The van der Waals surface area contributed by atoms with Gasteiger partial charge in [-0.25, -0.2) is 0 Å². The van der Waals surface area contributed by atoms with E-state index in [1.54, 1.807) is 0 Å². The third kappa shape index (κ3) is 46.4. The van der Waals surface area contributed by atoms with Gasteiger partial charge in [-0.1, -0.05) is 113 Å². The number of rotatable bonds is 0. The maximum absolute atomic E-state index is 2.89. The minimum absolute atomic E-state index is 0. The summed E-state index contributed by atoms with van der Waals surface area (Å²) >= 11 is 0. The van der Waals surface area contributed by atoms with Gasteiger partial charge in [0, 0.05) is 65.4 Å². The molecular formula is C34H50Y2-4. The molecule has 0 nitrogen and oxygen atoms in total. The van der Waals surface area contributed by atoms with Crippen LogP contribution in [0.3, 0.4) is 0 Å². The molecule has 0 aromatic heterocycles. The van der Waals surface area contributed by atoms with Crippen molar-refractivity contribution in [1.82, 2.24) is 0 Å². The molecular weight excluding hydrogens is 586 g/mol. The fourth-order valence-electron chi connectivity index (χ4n) is 1.75. The summed E-state index contributed by atoms with van der Waals surface area (Å²) in [6, 6.07) is 45.5. The van der Waals surface area contributed by atoms with Gasteiger partial charge in [0.2, 0.25) is 0 Å². The van der Waals surface area contributed by atoms with E-state index in [1.165, 1.54) is 11.1 Å². The van der Waals surface area contributed by atoms with Crippen molar-refractivity contribution in [2.24, 2.45) is 0 Å². The van der Waals surface area contributed by atoms with Crippen LogP contribution in [0.4, 0.5) is 0 Å². The minimum atomic E-state index is 0. The summed E-state index contributed by atoms with van der Waals surface area (Å²) in [5.74, 6) is 0. The smallest absolute Gasteiger partial charge is 0 e. The third-order valence-electron chi connectivity index (χ3n) is 3.10. The topological polar surface area (TPSA) is 0 Å². The monoisotopic (exact) mass is 636 g/mol. The molecule has 2 radical (unpaired) electrons. The van der Waals surface area contributed by atoms with Gasteiger partial charge in [0.15, 0.2) is 0 Å². The van der Waals surface area contributed by atoms with Gasteiger partial charge in [0.05, 0.1) is 0 Å². The van der Waals surface area contributed by atoms with Crippen molar-refractivity contribution in [2.75, 3.05) is 0 Å². The van der Waals surface area contributed by atoms with Crippen LogP contribution in [0.25, 0.3) is 0 Å². The predicted molar refractivity (Wildman–Crippen MR) is 160 cm³/mol. The normalized spacial score (nSPS) is 6.56. The van der Waals surface area contributed by atoms with Crippen LogP contribution in [0.15, 0.2) is 121 Å². The maximum Gasteiger partial charge on any atom is 0 e. The van der Waals surface area contributed by atoms with Gasteiger partial charge in [-0.15, -0.1) is 0 Å². The zero-order chi connectivity index (χ0) is 24.7. The Labute approximate surface area is 277 Å². The molecule has 0 saturated heterocycles. The fraction of sp³-hybridized carbons (Fsp3) is 0.235. The summed E-state index contributed by atoms with van der Waals surface area (Å²) < 4.78 is 0. The molecule has 0 spiro atoms. The van der Waals surface area contributed by atoms with E-state index in [0.717, 1.165) is 0 Å². The first-order valence-electron chi connectivity index (χ1n) is 11.6. The van der Waals surface area contributed by atoms with Crippen LogP contribution in [0.5, 0.6) is 0 Å². The molecule has 36 heavy (non-hydrogen) atoms. The summed E-state index contributed by atoms with van der Waals surface area (Å²) in [6.45, 7) is 16.2. The van der Waals surface area contributed by atoms with Crippen molar-refractivity contribution < 1.29 is 65.4 Å². The number of hydrogen-bond acceptors (Lipinski definition) is 0. The molecule has 0 bridgehead atoms. The summed E-state index contributed by atoms with van der Waals surface area (Å²) in [4.78, 5) is 0. The van der Waals surface area contributed by atoms with E-state index in [4.69, 9.17) is 0 Å². The molecule has 2 heteroatoms. The predicted octanol–water partition coefficient (Wildman–Crippen LogP) is 10.9. The Hall–Kier alpha value is -0.912. The molecule has 196 valence electrons. The molecule has 0 atom stereocenters. The molecule has 0 N–H and O–H groups in total. The first kappa shape index (κ1) is 51.7. The van der Waals surface area contributed by atoms with Crippen molar-refractivity contribution in [3.8, 4) is 0 Å². The van der Waals surface area contributed by atoms with Crippen LogP contribution >= 0.6 is 0 Å². The van der Waals surface area contributed by atoms with Crippen LogP contribution in [-0.4, -0.2) is 0 Å². The van der Waals surface area contributed by atoms with Gasteiger partial charge < -0.3 is 14.9 Å². The molecule has 4 aromatic rings. The Morgan fingerprint density at radius 2 is 0.556 bits per heavy atom. The van der Waals surface area contributed by atoms with Crippen molar-refractivity contribution in [3.05, 3.63) is 159 Å². The summed E-state index contributed by atoms with van der Waals surface area (Å²) in [5.41, 5.74) is 2.64. The van der Waals surface area contributed by atoms with E-state index in [2.05, 4.69) is 50.2 Å². The molecule has 0 amide bonds. The number of benzene rings is 4. The molecule has 0 unspecified atom stereocenters. The first-order chi connectivity index (χ1) is 15.8. The molecule has 0 heterocycles. The first-order valence-corrected chi connectivity index (χ1v) is 11.6. The van der Waals surface area contributed by atoms with Gasteiger partial charge in [-0.3, -0.25) is 0 Å². The summed E-state index contributed by atoms with van der Waals surface area (Å²) in [7, 11) is 0. The summed E-state index contributed by atoms with van der Waals surface area (Å²) in [6.07, 6.45) is 0. The Balaban J connectivity index is -0.0000000563. The summed E-state index contributed by atoms with van der Waals surface area (Å²) in [5, 5.41) is 0. The van der Waals surface area contributed by atoms with Gasteiger partial charge in [0.25, 0.3) is 0 Å². The number of aryl methyl sites for hydroxylation is 2. The average Bonchev–Trinajstić information content (AvgIpc) is 2.92. The standard InChI is InChI=1S/2C7H8.2C6H5.3C2H6.2CH3.2Y/c2*1-7-5-3-2-4-6-7;2*1-2-4-6-5-3-1;3*1-2;;;;/h2*2-6H,1H3;2*1-5H;3*1-2H3;2*1H3;;/q;;2*-1;;;;2*-1;;. The van der Waals surface area contributed by atoms with Crippen LogP contribution in [0.2, 0.25) is 0 Å². The zero-order valence-corrected chi connectivity index (χ0v) is 30.4. The van der Waals surface area contributed by atoms with Crippen molar-refractivity contribution in [1.29, 1.82) is 0 Å². The van der Waals surface area contributed by atoms with E-state index in [1.807, 2.05) is 139 Å². The van der Waals surface area contributed by atoms with Crippen molar-refractivity contribution in [3.63, 3.8) is 0 Å². The van der Waals surface area contributed by atoms with Gasteiger partial charge in [-0.05, 0) is 13.8 Å². The average molecular weight is 637 g/mol. The molecule has 0 aliphatic rings. The van der Waals surface area contributed by atoms with E-state index < -0.39 is 0 Å². The van der Waals surface area contributed by atoms with Gasteiger partial charge >= 0.3 is 0 Å². The Morgan fingerprint density at radius 1 is 0.361 bits per heavy atom.